The molecule has 0 spiro atoms. The van der Waals surface area contributed by atoms with E-state index in [1.807, 2.05) is 24.3 Å². The van der Waals surface area contributed by atoms with E-state index in [0.29, 0.717) is 43.8 Å². The van der Waals surface area contributed by atoms with Gasteiger partial charge < -0.3 is 20.2 Å². The lowest BCUT2D eigenvalue weighted by Gasteiger charge is -2.07. The summed E-state index contributed by atoms with van der Waals surface area (Å²) in [6.07, 6.45) is 0. The Morgan fingerprint density at radius 1 is 1.34 bits per heavy atom. The van der Waals surface area contributed by atoms with Crippen LogP contribution in [-0.2, 0) is 4.74 Å². The Labute approximate surface area is 175 Å². The summed E-state index contributed by atoms with van der Waals surface area (Å²) < 4.78 is 11.7. The normalized spacial score (nSPS) is 11.1. The highest BCUT2D eigenvalue weighted by Gasteiger charge is 2.25. The first-order valence-electron chi connectivity index (χ1n) is 8.86. The Bertz CT molecular complexity index is 1280. The van der Waals surface area contributed by atoms with Crippen molar-refractivity contribution < 1.29 is 14.3 Å². The molecule has 0 fully saturated rings. The smallest absolute Gasteiger partial charge is 0.349 e. The SMILES string of the molecule is C=C(N)c1ccc2[nH]c(-c3c(C(=O)OCC)sc4cccc(Cl)c34)nc2c1OC. The van der Waals surface area contributed by atoms with E-state index in [9.17, 15) is 4.79 Å². The van der Waals surface area contributed by atoms with Crippen LogP contribution >= 0.6 is 22.9 Å². The van der Waals surface area contributed by atoms with Gasteiger partial charge in [-0.2, -0.15) is 0 Å². The van der Waals surface area contributed by atoms with E-state index in [1.165, 1.54) is 11.3 Å². The fourth-order valence-corrected chi connectivity index (χ4v) is 4.75. The van der Waals surface area contributed by atoms with Gasteiger partial charge in [-0.3, -0.25) is 0 Å². The number of fused-ring (bicyclic) bond motifs is 2. The zero-order chi connectivity index (χ0) is 20.7. The lowest BCUT2D eigenvalue weighted by Crippen LogP contribution is -2.04. The summed E-state index contributed by atoms with van der Waals surface area (Å²) in [4.78, 5) is 21.1. The van der Waals surface area contributed by atoms with Crippen molar-refractivity contribution in [3.63, 3.8) is 0 Å². The van der Waals surface area contributed by atoms with E-state index < -0.39 is 5.97 Å². The minimum absolute atomic E-state index is 0.274. The molecule has 6 nitrogen and oxygen atoms in total. The Morgan fingerprint density at radius 2 is 2.14 bits per heavy atom. The number of benzene rings is 2. The first kappa shape index (κ1) is 19.3. The van der Waals surface area contributed by atoms with Crippen molar-refractivity contribution in [3.8, 4) is 17.1 Å². The van der Waals surface area contributed by atoms with E-state index in [1.54, 1.807) is 20.1 Å². The molecular formula is C21H18ClN3O3S. The van der Waals surface area contributed by atoms with Crippen LogP contribution < -0.4 is 10.5 Å². The summed E-state index contributed by atoms with van der Waals surface area (Å²) in [7, 11) is 1.55. The van der Waals surface area contributed by atoms with Gasteiger partial charge in [0.05, 0.1) is 29.8 Å². The van der Waals surface area contributed by atoms with Crippen molar-refractivity contribution >= 4 is 55.7 Å². The van der Waals surface area contributed by atoms with Crippen LogP contribution in [0.1, 0.15) is 22.2 Å². The molecule has 0 unspecified atom stereocenters. The second kappa shape index (κ2) is 7.42. The van der Waals surface area contributed by atoms with Gasteiger partial charge in [0.25, 0.3) is 0 Å². The van der Waals surface area contributed by atoms with Gasteiger partial charge in [0, 0.05) is 21.3 Å². The van der Waals surface area contributed by atoms with Crippen molar-refractivity contribution in [3.05, 3.63) is 52.4 Å². The molecule has 0 aliphatic carbocycles. The Hall–Kier alpha value is -3.03. The standard InChI is InChI=1S/C21H18ClN3O3S/c1-4-28-21(26)19-16(15-12(22)6-5-7-14(15)29-19)20-24-13-9-8-11(10(2)23)18(27-3)17(13)25-20/h5-9H,2,4,23H2,1,3H3,(H,24,25). The summed E-state index contributed by atoms with van der Waals surface area (Å²) in [5, 5.41) is 1.29. The minimum Gasteiger partial charge on any atom is -0.494 e. The molecule has 2 aromatic heterocycles. The first-order chi connectivity index (χ1) is 14.0. The highest BCUT2D eigenvalue weighted by molar-refractivity contribution is 7.21. The number of hydrogen-bond acceptors (Lipinski definition) is 6. The van der Waals surface area contributed by atoms with E-state index in [4.69, 9.17) is 31.8 Å². The second-order valence-electron chi connectivity index (χ2n) is 6.29. The molecule has 148 valence electrons. The van der Waals surface area contributed by atoms with Gasteiger partial charge in [0.15, 0.2) is 5.75 Å². The number of methoxy groups -OCH3 is 1. The summed E-state index contributed by atoms with van der Waals surface area (Å²) in [5.74, 6) is 0.601. The largest absolute Gasteiger partial charge is 0.494 e. The van der Waals surface area contributed by atoms with Crippen molar-refractivity contribution in [2.45, 2.75) is 6.92 Å². The fraction of sp³-hybridized carbons (Fsp3) is 0.143. The highest BCUT2D eigenvalue weighted by atomic mass is 35.5. The molecule has 0 saturated heterocycles. The fourth-order valence-electron chi connectivity index (χ4n) is 3.30. The Morgan fingerprint density at radius 3 is 2.83 bits per heavy atom. The number of nitrogens with two attached hydrogens (primary N) is 1. The van der Waals surface area contributed by atoms with Gasteiger partial charge in [-0.25, -0.2) is 9.78 Å². The maximum Gasteiger partial charge on any atom is 0.349 e. The number of H-pyrrole nitrogens is 1. The second-order valence-corrected chi connectivity index (χ2v) is 7.75. The molecule has 0 bridgehead atoms. The molecule has 4 rings (SSSR count). The summed E-state index contributed by atoms with van der Waals surface area (Å²) >= 11 is 7.82. The van der Waals surface area contributed by atoms with Crippen LogP contribution in [0.4, 0.5) is 0 Å². The molecule has 2 heterocycles. The van der Waals surface area contributed by atoms with Crippen molar-refractivity contribution in [1.82, 2.24) is 9.97 Å². The van der Waals surface area contributed by atoms with E-state index >= 15 is 0 Å². The number of halogens is 1. The Kier molecular flexibility index (Phi) is 4.94. The third-order valence-electron chi connectivity index (χ3n) is 4.52. The van der Waals surface area contributed by atoms with Crippen LogP contribution in [0.3, 0.4) is 0 Å². The van der Waals surface area contributed by atoms with Crippen molar-refractivity contribution in [2.75, 3.05) is 13.7 Å². The van der Waals surface area contributed by atoms with Crippen LogP contribution in [0.5, 0.6) is 5.75 Å². The number of esters is 1. The molecule has 29 heavy (non-hydrogen) atoms. The zero-order valence-corrected chi connectivity index (χ0v) is 17.4. The van der Waals surface area contributed by atoms with Crippen LogP contribution in [0.25, 0.3) is 38.2 Å². The molecule has 3 N–H and O–H groups in total. The molecule has 0 atom stereocenters. The van der Waals surface area contributed by atoms with Gasteiger partial charge in [-0.05, 0) is 31.2 Å². The molecule has 0 aliphatic heterocycles. The van der Waals surface area contributed by atoms with Crippen molar-refractivity contribution in [1.29, 1.82) is 0 Å². The highest BCUT2D eigenvalue weighted by Crippen LogP contribution is 2.43. The molecule has 2 aromatic carbocycles. The number of aromatic amines is 1. The predicted octanol–water partition coefficient (Wildman–Crippen LogP) is 5.21. The number of thiophene rings is 1. The number of rotatable bonds is 5. The van der Waals surface area contributed by atoms with Crippen molar-refractivity contribution in [2.24, 2.45) is 5.73 Å². The number of nitrogens with one attached hydrogen (secondary N) is 1. The monoisotopic (exact) mass is 427 g/mol. The first-order valence-corrected chi connectivity index (χ1v) is 10.1. The van der Waals surface area contributed by atoms with E-state index in [-0.39, 0.29) is 6.61 Å². The molecule has 0 saturated carbocycles. The zero-order valence-electron chi connectivity index (χ0n) is 15.8. The number of carbonyl (C=O) groups is 1. The summed E-state index contributed by atoms with van der Waals surface area (Å²) in [5.41, 5.74) is 8.87. The summed E-state index contributed by atoms with van der Waals surface area (Å²) in [6.45, 7) is 5.83. The number of nitrogens with zero attached hydrogens (tertiary/aromatic N) is 1. The van der Waals surface area contributed by atoms with Gasteiger partial charge in [0.2, 0.25) is 0 Å². The molecule has 8 heteroatoms. The third-order valence-corrected chi connectivity index (χ3v) is 5.97. The van der Waals surface area contributed by atoms with Gasteiger partial charge in [0.1, 0.15) is 16.2 Å². The number of imidazole rings is 1. The molecule has 4 aromatic rings. The quantitative estimate of drug-likeness (QED) is 0.426. The van der Waals surface area contributed by atoms with Crippen LogP contribution in [0.15, 0.2) is 36.9 Å². The molecule has 0 amide bonds. The maximum absolute atomic E-state index is 12.7. The number of aromatic nitrogens is 2. The number of carbonyl (C=O) groups excluding carboxylic acids is 1. The van der Waals surface area contributed by atoms with E-state index in [0.717, 1.165) is 15.6 Å². The Balaban J connectivity index is 2.04. The van der Waals surface area contributed by atoms with Gasteiger partial charge >= 0.3 is 5.97 Å². The molecule has 0 radical (unpaired) electrons. The molecular weight excluding hydrogens is 410 g/mol. The predicted molar refractivity (Wildman–Crippen MR) is 118 cm³/mol. The average Bonchev–Trinajstić information content (AvgIpc) is 3.29. The third kappa shape index (κ3) is 3.12. The van der Waals surface area contributed by atoms with Crippen LogP contribution in [-0.4, -0.2) is 29.7 Å². The average molecular weight is 428 g/mol. The van der Waals surface area contributed by atoms with E-state index in [2.05, 4.69) is 11.6 Å². The lowest BCUT2D eigenvalue weighted by molar-refractivity contribution is 0.0533. The lowest BCUT2D eigenvalue weighted by atomic mass is 10.1. The van der Waals surface area contributed by atoms with Crippen LogP contribution in [0, 0.1) is 0 Å². The maximum atomic E-state index is 12.7. The van der Waals surface area contributed by atoms with Gasteiger partial charge in [-0.15, -0.1) is 11.3 Å². The number of ether oxygens (including phenoxy) is 2. The van der Waals surface area contributed by atoms with Gasteiger partial charge in [-0.1, -0.05) is 24.2 Å². The number of hydrogen-bond donors (Lipinski definition) is 2. The topological polar surface area (TPSA) is 90.2 Å². The molecule has 0 aliphatic rings. The van der Waals surface area contributed by atoms with Crippen LogP contribution in [0.2, 0.25) is 5.02 Å². The minimum atomic E-state index is -0.414. The summed E-state index contributed by atoms with van der Waals surface area (Å²) in [6, 6.07) is 9.21.